The molecule has 0 radical (unpaired) electrons. The molecule has 0 saturated carbocycles. The Hall–Kier alpha value is -2.93. The van der Waals surface area contributed by atoms with Crippen LogP contribution in [-0.2, 0) is 0 Å². The van der Waals surface area contributed by atoms with Gasteiger partial charge in [-0.25, -0.2) is 9.97 Å². The van der Waals surface area contributed by atoms with Crippen LogP contribution in [0.2, 0.25) is 0 Å². The van der Waals surface area contributed by atoms with Gasteiger partial charge in [-0.1, -0.05) is 6.07 Å². The number of nitrogen functional groups attached to an aromatic ring is 1. The molecule has 4 N–H and O–H groups in total. The first-order valence-corrected chi connectivity index (χ1v) is 7.88. The number of rotatable bonds is 2. The molecule has 0 aliphatic carbocycles. The van der Waals surface area contributed by atoms with Crippen molar-refractivity contribution in [3.05, 3.63) is 41.5 Å². The van der Waals surface area contributed by atoms with Crippen molar-refractivity contribution in [2.24, 2.45) is 0 Å². The Morgan fingerprint density at radius 2 is 2.17 bits per heavy atom. The monoisotopic (exact) mass is 323 g/mol. The highest BCUT2D eigenvalue weighted by atomic mass is 32.1. The van der Waals surface area contributed by atoms with Crippen LogP contribution in [-0.4, -0.2) is 27.9 Å². The number of anilines is 1. The highest BCUT2D eigenvalue weighted by Crippen LogP contribution is 2.36. The van der Waals surface area contributed by atoms with Gasteiger partial charge in [-0.3, -0.25) is 4.79 Å². The van der Waals surface area contributed by atoms with E-state index >= 15 is 0 Å². The molecule has 7 heteroatoms. The molecule has 1 amide bonds. The number of carbonyl (C=O) groups is 1. The van der Waals surface area contributed by atoms with E-state index in [2.05, 4.69) is 20.3 Å². The quantitative estimate of drug-likeness (QED) is 0.528. The highest BCUT2D eigenvalue weighted by molar-refractivity contribution is 7.17. The topological polar surface area (TPSA) is 96.7 Å². The van der Waals surface area contributed by atoms with E-state index in [1.807, 2.05) is 29.6 Å². The number of thiophene rings is 1. The van der Waals surface area contributed by atoms with Gasteiger partial charge in [0.05, 0.1) is 5.39 Å². The zero-order chi connectivity index (χ0) is 16.0. The van der Waals surface area contributed by atoms with Crippen LogP contribution in [0.1, 0.15) is 10.4 Å². The van der Waals surface area contributed by atoms with Crippen molar-refractivity contribution in [2.45, 2.75) is 0 Å². The molecular weight excluding hydrogens is 310 g/mol. The molecule has 114 valence electrons. The van der Waals surface area contributed by atoms with E-state index in [-0.39, 0.29) is 5.91 Å². The van der Waals surface area contributed by atoms with Crippen LogP contribution in [0.5, 0.6) is 0 Å². The van der Waals surface area contributed by atoms with E-state index in [9.17, 15) is 4.79 Å². The van der Waals surface area contributed by atoms with Crippen molar-refractivity contribution >= 4 is 44.2 Å². The van der Waals surface area contributed by atoms with Gasteiger partial charge in [-0.05, 0) is 18.2 Å². The van der Waals surface area contributed by atoms with Gasteiger partial charge in [-0.15, -0.1) is 11.3 Å². The van der Waals surface area contributed by atoms with Crippen molar-refractivity contribution in [3.63, 3.8) is 0 Å². The van der Waals surface area contributed by atoms with Crippen molar-refractivity contribution in [1.29, 1.82) is 0 Å². The molecule has 6 nitrogen and oxygen atoms in total. The number of benzene rings is 1. The molecule has 4 aromatic rings. The smallest absolute Gasteiger partial charge is 0.251 e. The summed E-state index contributed by atoms with van der Waals surface area (Å²) in [7, 11) is 1.62. The molecule has 0 fully saturated rings. The average molecular weight is 323 g/mol. The molecule has 4 rings (SSSR count). The minimum absolute atomic E-state index is 0.110. The number of nitrogens with one attached hydrogen (secondary N) is 2. The van der Waals surface area contributed by atoms with Crippen LogP contribution < -0.4 is 11.1 Å². The van der Waals surface area contributed by atoms with E-state index < -0.39 is 0 Å². The number of aromatic nitrogens is 3. The fourth-order valence-electron chi connectivity index (χ4n) is 2.65. The summed E-state index contributed by atoms with van der Waals surface area (Å²) in [6, 6.07) is 7.61. The Labute approximate surface area is 135 Å². The number of nitrogens with two attached hydrogens (primary N) is 1. The van der Waals surface area contributed by atoms with Crippen LogP contribution in [0.25, 0.3) is 32.4 Å². The number of hydrogen-bond donors (Lipinski definition) is 3. The molecule has 0 aliphatic rings. The predicted molar refractivity (Wildman–Crippen MR) is 92.5 cm³/mol. The van der Waals surface area contributed by atoms with Gasteiger partial charge in [0.15, 0.2) is 0 Å². The van der Waals surface area contributed by atoms with Gasteiger partial charge in [0.25, 0.3) is 5.91 Å². The van der Waals surface area contributed by atoms with Crippen molar-refractivity contribution in [1.82, 2.24) is 20.3 Å². The lowest BCUT2D eigenvalue weighted by atomic mass is 10.1. The number of nitrogens with zero attached hydrogens (tertiary/aromatic N) is 2. The standard InChI is InChI=1S/C16H13N5OS/c1-18-15(22)9-3-2-8-4-12(21-11(8)5-9)10-6-23-16-13(10)14(17)19-7-20-16/h2-7,21H,1H3,(H,18,22)(H2,17,19,20). The number of fused-ring (bicyclic) bond motifs is 2. The van der Waals surface area contributed by atoms with E-state index in [0.29, 0.717) is 11.4 Å². The maximum absolute atomic E-state index is 11.8. The molecule has 3 heterocycles. The van der Waals surface area contributed by atoms with Gasteiger partial charge in [0.2, 0.25) is 0 Å². The first kappa shape index (κ1) is 13.7. The second kappa shape index (κ2) is 5.06. The summed E-state index contributed by atoms with van der Waals surface area (Å²) in [6.07, 6.45) is 1.47. The summed E-state index contributed by atoms with van der Waals surface area (Å²) in [5.74, 6) is 0.359. The van der Waals surface area contributed by atoms with Gasteiger partial charge in [0.1, 0.15) is 17.0 Å². The number of amides is 1. The van der Waals surface area contributed by atoms with Gasteiger partial charge in [0, 0.05) is 40.2 Å². The molecule has 23 heavy (non-hydrogen) atoms. The molecular formula is C16H13N5OS. The zero-order valence-corrected chi connectivity index (χ0v) is 13.1. The first-order valence-electron chi connectivity index (χ1n) is 7.00. The van der Waals surface area contributed by atoms with Gasteiger partial charge < -0.3 is 16.0 Å². The molecule has 0 saturated heterocycles. The Kier molecular flexibility index (Phi) is 3.02. The maximum atomic E-state index is 11.8. The molecule has 0 unspecified atom stereocenters. The minimum Gasteiger partial charge on any atom is -0.383 e. The summed E-state index contributed by atoms with van der Waals surface area (Å²) in [5.41, 5.74) is 9.42. The number of H-pyrrole nitrogens is 1. The molecule has 1 aromatic carbocycles. The third kappa shape index (κ3) is 2.13. The van der Waals surface area contributed by atoms with Crippen LogP contribution in [0.15, 0.2) is 36.0 Å². The number of hydrogen-bond acceptors (Lipinski definition) is 5. The van der Waals surface area contributed by atoms with E-state index in [4.69, 9.17) is 5.73 Å². The van der Waals surface area contributed by atoms with Crippen LogP contribution in [0, 0.1) is 0 Å². The van der Waals surface area contributed by atoms with Crippen LogP contribution in [0.3, 0.4) is 0 Å². The second-order valence-corrected chi connectivity index (χ2v) is 6.01. The van der Waals surface area contributed by atoms with Crippen LogP contribution in [0.4, 0.5) is 5.82 Å². The number of aromatic amines is 1. The third-order valence-corrected chi connectivity index (χ3v) is 4.69. The fraction of sp³-hybridized carbons (Fsp3) is 0.0625. The molecule has 0 atom stereocenters. The molecule has 0 aliphatic heterocycles. The lowest BCUT2D eigenvalue weighted by Gasteiger charge is -1.99. The Bertz CT molecular complexity index is 1050. The zero-order valence-electron chi connectivity index (χ0n) is 12.3. The van der Waals surface area contributed by atoms with Gasteiger partial charge in [-0.2, -0.15) is 0 Å². The Balaban J connectivity index is 1.90. The summed E-state index contributed by atoms with van der Waals surface area (Å²) in [5, 5.41) is 6.53. The first-order chi connectivity index (χ1) is 11.2. The van der Waals surface area contributed by atoms with Crippen molar-refractivity contribution in [3.8, 4) is 11.3 Å². The Morgan fingerprint density at radius 1 is 1.30 bits per heavy atom. The van der Waals surface area contributed by atoms with Crippen molar-refractivity contribution < 1.29 is 4.79 Å². The third-order valence-electron chi connectivity index (χ3n) is 3.80. The highest BCUT2D eigenvalue weighted by Gasteiger charge is 2.14. The summed E-state index contributed by atoms with van der Waals surface area (Å²) in [4.78, 5) is 24.3. The van der Waals surface area contributed by atoms with E-state index in [1.54, 1.807) is 7.05 Å². The maximum Gasteiger partial charge on any atom is 0.251 e. The predicted octanol–water partition coefficient (Wildman–Crippen LogP) is 2.78. The van der Waals surface area contributed by atoms with Gasteiger partial charge >= 0.3 is 0 Å². The fourth-order valence-corrected chi connectivity index (χ4v) is 3.57. The van der Waals surface area contributed by atoms with E-state index in [1.165, 1.54) is 17.7 Å². The average Bonchev–Trinajstić information content (AvgIpc) is 3.17. The SMILES string of the molecule is CNC(=O)c1ccc2cc(-c3csc4ncnc(N)c34)[nH]c2c1. The lowest BCUT2D eigenvalue weighted by molar-refractivity contribution is 0.0963. The summed E-state index contributed by atoms with van der Waals surface area (Å²) >= 11 is 1.53. The second-order valence-electron chi connectivity index (χ2n) is 5.15. The van der Waals surface area contributed by atoms with Crippen LogP contribution >= 0.6 is 11.3 Å². The minimum atomic E-state index is -0.110. The molecule has 0 bridgehead atoms. The molecule has 3 aromatic heterocycles. The van der Waals surface area contributed by atoms with E-state index in [0.717, 1.165) is 32.4 Å². The Morgan fingerprint density at radius 3 is 3.00 bits per heavy atom. The summed E-state index contributed by atoms with van der Waals surface area (Å²) in [6.45, 7) is 0. The lowest BCUT2D eigenvalue weighted by Crippen LogP contribution is -2.17. The number of carbonyl (C=O) groups excluding carboxylic acids is 1. The van der Waals surface area contributed by atoms with Crippen molar-refractivity contribution in [2.75, 3.05) is 12.8 Å². The largest absolute Gasteiger partial charge is 0.383 e. The normalized spacial score (nSPS) is 11.2. The summed E-state index contributed by atoms with van der Waals surface area (Å²) < 4.78 is 0. The molecule has 0 spiro atoms.